The average molecular weight is 352 g/mol. The molecule has 0 saturated carbocycles. The van der Waals surface area contributed by atoms with E-state index in [-0.39, 0.29) is 18.5 Å². The van der Waals surface area contributed by atoms with Gasteiger partial charge in [-0.2, -0.15) is 5.10 Å². The van der Waals surface area contributed by atoms with Gasteiger partial charge in [-0.15, -0.1) is 0 Å². The van der Waals surface area contributed by atoms with Crippen LogP contribution in [0.25, 0.3) is 0 Å². The third-order valence-corrected chi connectivity index (χ3v) is 3.86. The molecular formula is C15H24N6O4. The predicted molar refractivity (Wildman–Crippen MR) is 88.6 cm³/mol. The van der Waals surface area contributed by atoms with Crippen LogP contribution in [0.2, 0.25) is 0 Å². The topological polar surface area (TPSA) is 109 Å². The summed E-state index contributed by atoms with van der Waals surface area (Å²) in [6, 6.07) is 1.12. The van der Waals surface area contributed by atoms with Crippen LogP contribution >= 0.6 is 0 Å². The summed E-state index contributed by atoms with van der Waals surface area (Å²) >= 11 is 0. The summed E-state index contributed by atoms with van der Waals surface area (Å²) in [5.41, 5.74) is 1.62. The van der Waals surface area contributed by atoms with Crippen molar-refractivity contribution in [1.29, 1.82) is 0 Å². The molecule has 0 saturated heterocycles. The van der Waals surface area contributed by atoms with Crippen LogP contribution in [0, 0.1) is 0 Å². The highest BCUT2D eigenvalue weighted by molar-refractivity contribution is 5.85. The molecule has 1 aromatic rings. The second-order valence-electron chi connectivity index (χ2n) is 6.02. The second-order valence-corrected chi connectivity index (χ2v) is 6.02. The van der Waals surface area contributed by atoms with E-state index in [2.05, 4.69) is 20.5 Å². The van der Waals surface area contributed by atoms with Crippen molar-refractivity contribution >= 4 is 18.0 Å². The number of hydrogen-bond acceptors (Lipinski definition) is 5. The highest BCUT2D eigenvalue weighted by atomic mass is 16.5. The molecule has 0 aliphatic carbocycles. The molecule has 0 unspecified atom stereocenters. The summed E-state index contributed by atoms with van der Waals surface area (Å²) in [5, 5.41) is 9.55. The summed E-state index contributed by atoms with van der Waals surface area (Å²) in [5.74, 6) is -0.333. The van der Waals surface area contributed by atoms with Gasteiger partial charge in [0, 0.05) is 20.6 Å². The number of nitrogens with zero attached hydrogens (tertiary/aromatic N) is 4. The van der Waals surface area contributed by atoms with E-state index in [1.54, 1.807) is 30.8 Å². The molecule has 4 amide bonds. The maximum Gasteiger partial charge on any atom is 0.407 e. The van der Waals surface area contributed by atoms with Crippen LogP contribution < -0.4 is 10.6 Å². The third-order valence-electron chi connectivity index (χ3n) is 3.86. The van der Waals surface area contributed by atoms with Crippen molar-refractivity contribution in [2.24, 2.45) is 0 Å². The molecule has 2 N–H and O–H groups in total. The molecule has 0 aromatic carbocycles. The van der Waals surface area contributed by atoms with Crippen LogP contribution in [0.3, 0.4) is 0 Å². The van der Waals surface area contributed by atoms with E-state index in [1.807, 2.05) is 10.7 Å². The molecule has 0 fully saturated rings. The fourth-order valence-electron chi connectivity index (χ4n) is 2.49. The number of hydrogen-bond donors (Lipinski definition) is 2. The molecular weight excluding hydrogens is 328 g/mol. The lowest BCUT2D eigenvalue weighted by molar-refractivity contribution is -0.122. The molecule has 0 bridgehead atoms. The lowest BCUT2D eigenvalue weighted by atomic mass is 10.2. The van der Waals surface area contributed by atoms with Crippen molar-refractivity contribution in [3.05, 3.63) is 17.5 Å². The number of amides is 4. The summed E-state index contributed by atoms with van der Waals surface area (Å²) in [4.78, 5) is 38.4. The van der Waals surface area contributed by atoms with Crippen LogP contribution in [0.4, 0.5) is 9.59 Å². The van der Waals surface area contributed by atoms with E-state index in [9.17, 15) is 14.4 Å². The Morgan fingerprint density at radius 2 is 2.08 bits per heavy atom. The number of nitrogens with one attached hydrogen (secondary N) is 2. The van der Waals surface area contributed by atoms with E-state index in [0.717, 1.165) is 5.69 Å². The van der Waals surface area contributed by atoms with Crippen molar-refractivity contribution < 1.29 is 19.1 Å². The fourth-order valence-corrected chi connectivity index (χ4v) is 2.49. The monoisotopic (exact) mass is 352 g/mol. The Morgan fingerprint density at radius 1 is 1.36 bits per heavy atom. The van der Waals surface area contributed by atoms with Crippen molar-refractivity contribution in [1.82, 2.24) is 30.2 Å². The van der Waals surface area contributed by atoms with E-state index in [0.29, 0.717) is 25.3 Å². The van der Waals surface area contributed by atoms with Gasteiger partial charge in [0.1, 0.15) is 6.04 Å². The highest BCUT2D eigenvalue weighted by Crippen LogP contribution is 2.14. The minimum Gasteiger partial charge on any atom is -0.453 e. The van der Waals surface area contributed by atoms with Crippen LogP contribution in [0.5, 0.6) is 0 Å². The van der Waals surface area contributed by atoms with Gasteiger partial charge in [0.25, 0.3) is 0 Å². The molecule has 25 heavy (non-hydrogen) atoms. The fraction of sp³-hybridized carbons (Fsp3) is 0.600. The Labute approximate surface area is 146 Å². The molecule has 10 nitrogen and oxygen atoms in total. The van der Waals surface area contributed by atoms with Gasteiger partial charge in [-0.1, -0.05) is 0 Å². The Balaban J connectivity index is 1.90. The van der Waals surface area contributed by atoms with Gasteiger partial charge in [0.2, 0.25) is 5.91 Å². The van der Waals surface area contributed by atoms with Crippen LogP contribution in [0.1, 0.15) is 18.3 Å². The molecule has 10 heteroatoms. The van der Waals surface area contributed by atoms with Crippen molar-refractivity contribution in [2.75, 3.05) is 27.7 Å². The number of methoxy groups -OCH3 is 1. The molecule has 1 aromatic heterocycles. The Kier molecular flexibility index (Phi) is 5.84. The quantitative estimate of drug-likeness (QED) is 0.776. The summed E-state index contributed by atoms with van der Waals surface area (Å²) < 4.78 is 6.30. The number of fused-ring (bicyclic) bond motifs is 1. The first-order chi connectivity index (χ1) is 11.8. The van der Waals surface area contributed by atoms with E-state index >= 15 is 0 Å². The van der Waals surface area contributed by atoms with Crippen LogP contribution in [-0.4, -0.2) is 71.4 Å². The number of carbonyl (C=O) groups excluding carboxylic acids is 3. The Morgan fingerprint density at radius 3 is 2.72 bits per heavy atom. The lowest BCUT2D eigenvalue weighted by Gasteiger charge is -2.29. The molecule has 1 aliphatic heterocycles. The minimum atomic E-state index is -0.710. The molecule has 1 aliphatic rings. The van der Waals surface area contributed by atoms with Crippen molar-refractivity contribution in [3.63, 3.8) is 0 Å². The highest BCUT2D eigenvalue weighted by Gasteiger charge is 2.23. The number of ether oxygens (including phenoxy) is 1. The van der Waals surface area contributed by atoms with Crippen LogP contribution in [-0.2, 0) is 29.2 Å². The summed E-state index contributed by atoms with van der Waals surface area (Å²) in [7, 11) is 4.68. The number of aromatic nitrogens is 2. The second kappa shape index (κ2) is 7.86. The first-order valence-corrected chi connectivity index (χ1v) is 7.95. The maximum atomic E-state index is 12.0. The van der Waals surface area contributed by atoms with E-state index in [4.69, 9.17) is 0 Å². The van der Waals surface area contributed by atoms with E-state index in [1.165, 1.54) is 7.11 Å². The summed E-state index contributed by atoms with van der Waals surface area (Å²) in [6.07, 6.45) is -0.661. The number of urea groups is 1. The summed E-state index contributed by atoms with van der Waals surface area (Å²) in [6.45, 7) is 3.50. The van der Waals surface area contributed by atoms with Gasteiger partial charge in [-0.25, -0.2) is 9.59 Å². The predicted octanol–water partition coefficient (Wildman–Crippen LogP) is -0.259. The Bertz CT molecular complexity index is 656. The number of alkyl carbamates (subject to hydrolysis) is 1. The smallest absolute Gasteiger partial charge is 0.407 e. The van der Waals surface area contributed by atoms with Gasteiger partial charge in [0.15, 0.2) is 0 Å². The van der Waals surface area contributed by atoms with Gasteiger partial charge >= 0.3 is 12.1 Å². The molecule has 2 rings (SSSR count). The third kappa shape index (κ3) is 4.61. The number of carbonyl (C=O) groups is 3. The molecule has 0 radical (unpaired) electrons. The normalized spacial score (nSPS) is 14.3. The van der Waals surface area contributed by atoms with E-state index < -0.39 is 12.1 Å². The zero-order valence-corrected chi connectivity index (χ0v) is 14.9. The minimum absolute atomic E-state index is 0.0370. The van der Waals surface area contributed by atoms with Gasteiger partial charge in [-0.05, 0) is 13.0 Å². The van der Waals surface area contributed by atoms with Gasteiger partial charge < -0.3 is 25.2 Å². The van der Waals surface area contributed by atoms with Crippen LogP contribution in [0.15, 0.2) is 6.07 Å². The number of rotatable bonds is 4. The first-order valence-electron chi connectivity index (χ1n) is 7.95. The van der Waals surface area contributed by atoms with Crippen molar-refractivity contribution in [3.8, 4) is 0 Å². The Hall–Kier alpha value is -2.78. The van der Waals surface area contributed by atoms with Gasteiger partial charge in [0.05, 0.1) is 38.1 Å². The maximum absolute atomic E-state index is 12.0. The van der Waals surface area contributed by atoms with Gasteiger partial charge in [-0.3, -0.25) is 9.48 Å². The largest absolute Gasteiger partial charge is 0.453 e. The zero-order chi connectivity index (χ0) is 18.6. The molecule has 0 spiro atoms. The SMILES string of the molecule is COC(=O)N[C@@H](C)C(=O)NCc1cc2n(n1)CCN(C(=O)N(C)C)C2. The average Bonchev–Trinajstić information content (AvgIpc) is 3.00. The lowest BCUT2D eigenvalue weighted by Crippen LogP contribution is -2.44. The molecule has 2 heterocycles. The molecule has 138 valence electrons. The first kappa shape index (κ1) is 18.6. The van der Waals surface area contributed by atoms with Crippen molar-refractivity contribution in [2.45, 2.75) is 32.6 Å². The molecule has 1 atom stereocenters. The standard InChI is InChI=1S/C15H24N6O4/c1-10(17-14(23)25-4)13(22)16-8-11-7-12-9-20(15(24)19(2)3)5-6-21(12)18-11/h7,10H,5-6,8-9H2,1-4H3,(H,16,22)(H,17,23)/t10-/m0/s1. The zero-order valence-electron chi connectivity index (χ0n) is 14.9.